The molecule has 2 aromatic carbocycles. The monoisotopic (exact) mass is 531 g/mol. The van der Waals surface area contributed by atoms with Crippen LogP contribution in [0.4, 0.5) is 4.39 Å². The number of ether oxygens (including phenoxy) is 3. The smallest absolute Gasteiger partial charge is 0.203 e. The van der Waals surface area contributed by atoms with E-state index in [1.165, 1.54) is 6.07 Å². The lowest BCUT2D eigenvalue weighted by Crippen LogP contribution is -2.36. The van der Waals surface area contributed by atoms with Gasteiger partial charge in [-0.05, 0) is 55.7 Å². The standard InChI is InChI=1S/C22H30FN3O3.HI/c1-6-24-22(25-13-16-9-8-15(3)18(23)10-16)26-14-17-11-19(27-4)21(29-7-2)20(12-17)28-5;/h8-12H,6-7,13-14H2,1-5H3,(H2,24,25,26);1H. The van der Waals surface area contributed by atoms with Crippen LogP contribution in [0.1, 0.15) is 30.5 Å². The van der Waals surface area contributed by atoms with Gasteiger partial charge in [0.05, 0.1) is 27.4 Å². The Kier molecular flexibility index (Phi) is 11.3. The fraction of sp³-hybridized carbons (Fsp3) is 0.409. The number of benzene rings is 2. The number of hydrogen-bond acceptors (Lipinski definition) is 4. The van der Waals surface area contributed by atoms with Crippen LogP contribution < -0.4 is 24.8 Å². The van der Waals surface area contributed by atoms with Crippen molar-refractivity contribution in [1.82, 2.24) is 10.6 Å². The van der Waals surface area contributed by atoms with Gasteiger partial charge in [0, 0.05) is 13.1 Å². The molecule has 0 aromatic heterocycles. The molecule has 0 saturated carbocycles. The molecule has 30 heavy (non-hydrogen) atoms. The molecular weight excluding hydrogens is 500 g/mol. The second-order valence-corrected chi connectivity index (χ2v) is 6.39. The van der Waals surface area contributed by atoms with Gasteiger partial charge in [-0.2, -0.15) is 0 Å². The Morgan fingerprint density at radius 1 is 1.00 bits per heavy atom. The van der Waals surface area contributed by atoms with Crippen LogP contribution in [-0.2, 0) is 13.1 Å². The molecule has 0 aliphatic carbocycles. The number of aliphatic imine (C=N–C) groups is 1. The molecule has 0 aliphatic rings. The Morgan fingerprint density at radius 2 is 1.67 bits per heavy atom. The minimum atomic E-state index is -0.209. The zero-order chi connectivity index (χ0) is 21.2. The van der Waals surface area contributed by atoms with Crippen LogP contribution in [-0.4, -0.2) is 33.3 Å². The normalized spacial score (nSPS) is 10.8. The van der Waals surface area contributed by atoms with Crippen molar-refractivity contribution in [3.05, 3.63) is 52.8 Å². The molecule has 2 rings (SSSR count). The summed E-state index contributed by atoms with van der Waals surface area (Å²) >= 11 is 0. The lowest BCUT2D eigenvalue weighted by molar-refractivity contribution is 0.288. The van der Waals surface area contributed by atoms with Crippen LogP contribution >= 0.6 is 24.0 Å². The van der Waals surface area contributed by atoms with Gasteiger partial charge < -0.3 is 24.8 Å². The fourth-order valence-electron chi connectivity index (χ4n) is 2.76. The van der Waals surface area contributed by atoms with E-state index >= 15 is 0 Å². The molecule has 6 nitrogen and oxygen atoms in total. The largest absolute Gasteiger partial charge is 0.493 e. The van der Waals surface area contributed by atoms with Crippen molar-refractivity contribution in [2.24, 2.45) is 4.99 Å². The van der Waals surface area contributed by atoms with E-state index in [0.29, 0.717) is 55.0 Å². The van der Waals surface area contributed by atoms with Gasteiger partial charge in [0.1, 0.15) is 5.82 Å². The molecule has 0 radical (unpaired) electrons. The topological polar surface area (TPSA) is 64.1 Å². The maximum atomic E-state index is 13.7. The third-order valence-corrected chi connectivity index (χ3v) is 4.27. The van der Waals surface area contributed by atoms with E-state index in [9.17, 15) is 4.39 Å². The van der Waals surface area contributed by atoms with E-state index in [4.69, 9.17) is 14.2 Å². The Morgan fingerprint density at radius 3 is 2.20 bits per heavy atom. The average molecular weight is 531 g/mol. The number of hydrogen-bond donors (Lipinski definition) is 2. The summed E-state index contributed by atoms with van der Waals surface area (Å²) in [5.41, 5.74) is 2.40. The number of nitrogens with zero attached hydrogens (tertiary/aromatic N) is 1. The minimum absolute atomic E-state index is 0. The fourth-order valence-corrected chi connectivity index (χ4v) is 2.76. The van der Waals surface area contributed by atoms with E-state index in [2.05, 4.69) is 15.6 Å². The molecule has 0 unspecified atom stereocenters. The van der Waals surface area contributed by atoms with Crippen molar-refractivity contribution in [3.8, 4) is 17.2 Å². The van der Waals surface area contributed by atoms with Crippen LogP contribution in [0.2, 0.25) is 0 Å². The number of aryl methyl sites for hydroxylation is 1. The summed E-state index contributed by atoms with van der Waals surface area (Å²) in [5.74, 6) is 2.21. The summed E-state index contributed by atoms with van der Waals surface area (Å²) in [7, 11) is 3.19. The van der Waals surface area contributed by atoms with Crippen LogP contribution in [0.15, 0.2) is 35.3 Å². The van der Waals surface area contributed by atoms with Crippen LogP contribution in [0.3, 0.4) is 0 Å². The zero-order valence-electron chi connectivity index (χ0n) is 18.2. The predicted molar refractivity (Wildman–Crippen MR) is 129 cm³/mol. The summed E-state index contributed by atoms with van der Waals surface area (Å²) < 4.78 is 30.3. The third-order valence-electron chi connectivity index (χ3n) is 4.27. The molecule has 0 spiro atoms. The number of halogens is 2. The zero-order valence-corrected chi connectivity index (χ0v) is 20.5. The molecule has 2 N–H and O–H groups in total. The lowest BCUT2D eigenvalue weighted by Gasteiger charge is -2.15. The van der Waals surface area contributed by atoms with Crippen LogP contribution in [0, 0.1) is 12.7 Å². The molecule has 0 saturated heterocycles. The maximum Gasteiger partial charge on any atom is 0.203 e. The summed E-state index contributed by atoms with van der Waals surface area (Å²) in [6, 6.07) is 8.98. The Labute approximate surface area is 195 Å². The number of nitrogens with one attached hydrogen (secondary N) is 2. The molecule has 0 aliphatic heterocycles. The highest BCUT2D eigenvalue weighted by atomic mass is 127. The van der Waals surface area contributed by atoms with Crippen molar-refractivity contribution in [2.75, 3.05) is 27.4 Å². The molecule has 2 aromatic rings. The van der Waals surface area contributed by atoms with Crippen molar-refractivity contribution in [2.45, 2.75) is 33.9 Å². The van der Waals surface area contributed by atoms with Crippen molar-refractivity contribution < 1.29 is 18.6 Å². The van der Waals surface area contributed by atoms with Gasteiger partial charge >= 0.3 is 0 Å². The Balaban J connectivity index is 0.00000450. The molecular formula is C22H31FIN3O3. The average Bonchev–Trinajstić information content (AvgIpc) is 2.73. The summed E-state index contributed by atoms with van der Waals surface area (Å²) in [6.45, 7) is 7.76. The first-order chi connectivity index (χ1) is 14.0. The van der Waals surface area contributed by atoms with Crippen LogP contribution in [0.5, 0.6) is 17.2 Å². The quantitative estimate of drug-likeness (QED) is 0.285. The number of guanidine groups is 1. The Bertz CT molecular complexity index is 821. The van der Waals surface area contributed by atoms with E-state index in [1.807, 2.05) is 32.0 Å². The second kappa shape index (κ2) is 13.1. The lowest BCUT2D eigenvalue weighted by atomic mass is 10.1. The van der Waals surface area contributed by atoms with Gasteiger partial charge in [0.15, 0.2) is 17.5 Å². The van der Waals surface area contributed by atoms with E-state index in [-0.39, 0.29) is 29.8 Å². The second-order valence-electron chi connectivity index (χ2n) is 6.39. The summed E-state index contributed by atoms with van der Waals surface area (Å²) in [5, 5.41) is 6.42. The van der Waals surface area contributed by atoms with Gasteiger partial charge in [-0.15, -0.1) is 24.0 Å². The van der Waals surface area contributed by atoms with Crippen molar-refractivity contribution in [1.29, 1.82) is 0 Å². The SMILES string of the molecule is CCNC(=NCc1cc(OC)c(OCC)c(OC)c1)NCc1ccc(C)c(F)c1.I. The van der Waals surface area contributed by atoms with E-state index < -0.39 is 0 Å². The van der Waals surface area contributed by atoms with Crippen molar-refractivity contribution >= 4 is 29.9 Å². The van der Waals surface area contributed by atoms with Gasteiger partial charge in [-0.3, -0.25) is 0 Å². The summed E-state index contributed by atoms with van der Waals surface area (Å²) in [6.07, 6.45) is 0. The third kappa shape index (κ3) is 7.23. The highest BCUT2D eigenvalue weighted by Gasteiger charge is 2.14. The minimum Gasteiger partial charge on any atom is -0.493 e. The first-order valence-electron chi connectivity index (χ1n) is 9.67. The molecule has 0 fully saturated rings. The van der Waals surface area contributed by atoms with Crippen molar-refractivity contribution in [3.63, 3.8) is 0 Å². The molecule has 8 heteroatoms. The van der Waals surface area contributed by atoms with E-state index in [1.54, 1.807) is 27.2 Å². The van der Waals surface area contributed by atoms with Gasteiger partial charge in [-0.1, -0.05) is 12.1 Å². The van der Waals surface area contributed by atoms with Gasteiger partial charge in [0.25, 0.3) is 0 Å². The predicted octanol–water partition coefficient (Wildman–Crippen LogP) is 4.42. The first-order valence-corrected chi connectivity index (χ1v) is 9.67. The number of methoxy groups -OCH3 is 2. The summed E-state index contributed by atoms with van der Waals surface area (Å²) in [4.78, 5) is 4.61. The van der Waals surface area contributed by atoms with Gasteiger partial charge in [-0.25, -0.2) is 9.38 Å². The van der Waals surface area contributed by atoms with Gasteiger partial charge in [0.2, 0.25) is 5.75 Å². The molecule has 0 amide bonds. The maximum absolute atomic E-state index is 13.7. The van der Waals surface area contributed by atoms with E-state index in [0.717, 1.165) is 11.1 Å². The molecule has 0 heterocycles. The molecule has 0 bridgehead atoms. The molecule has 0 atom stereocenters. The highest BCUT2D eigenvalue weighted by Crippen LogP contribution is 2.38. The first kappa shape index (κ1) is 25.8. The number of rotatable bonds is 9. The Hall–Kier alpha value is -2.23. The molecule has 166 valence electrons. The highest BCUT2D eigenvalue weighted by molar-refractivity contribution is 14.0. The van der Waals surface area contributed by atoms with Crippen LogP contribution in [0.25, 0.3) is 0 Å².